The van der Waals surface area contributed by atoms with Gasteiger partial charge in [0.15, 0.2) is 11.6 Å². The number of Topliss-reactive ketones (excluding diaryl/α,β-unsaturated/α-hetero) is 3. The van der Waals surface area contributed by atoms with E-state index in [2.05, 4.69) is 27.5 Å². The van der Waals surface area contributed by atoms with Crippen molar-refractivity contribution in [2.75, 3.05) is 46.4 Å². The van der Waals surface area contributed by atoms with Crippen LogP contribution in [0.25, 0.3) is 0 Å². The summed E-state index contributed by atoms with van der Waals surface area (Å²) < 4.78 is 5.44. The molecular weight excluding hydrogens is 668 g/mol. The van der Waals surface area contributed by atoms with Crippen molar-refractivity contribution >= 4 is 29.2 Å². The number of ether oxygens (including phenoxy) is 1. The highest BCUT2D eigenvalue weighted by Crippen LogP contribution is 2.30. The highest BCUT2D eigenvalue weighted by atomic mass is 16.6. The van der Waals surface area contributed by atoms with Gasteiger partial charge in [0.05, 0.1) is 25.2 Å². The third-order valence-corrected chi connectivity index (χ3v) is 10.5. The Morgan fingerprint density at radius 3 is 1.83 bits per heavy atom. The number of likely N-dealkylation sites (N-methyl/N-ethyl adjacent to an activating group) is 1. The standard InChI is InChI=1S/C43H62N4O6/c1-30(2)23-37(44-41(51)34(18-17-32-13-9-7-10-14-32)26-36(48)28-47-21-19-46(6)20-22-47)39(49)27-35(25-33-15-11-8-12-16-33)42(52)45-38(24-31(3)4)40(50)43(5)29-53-43/h7-16,30-31,34-35,37-38H,17-29H2,1-6H3,(H,44,51)(H,45,52)/t34?,35-,37+,38+,43-/m1/s1. The third kappa shape index (κ3) is 13.9. The fourth-order valence-electron chi connectivity index (χ4n) is 7.09. The van der Waals surface area contributed by atoms with Gasteiger partial charge in [0.25, 0.3) is 0 Å². The third-order valence-electron chi connectivity index (χ3n) is 10.5. The molecule has 53 heavy (non-hydrogen) atoms. The summed E-state index contributed by atoms with van der Waals surface area (Å²) in [4.78, 5) is 73.5. The zero-order valence-electron chi connectivity index (χ0n) is 32.8. The lowest BCUT2D eigenvalue weighted by Gasteiger charge is -2.32. The highest BCUT2D eigenvalue weighted by molar-refractivity contribution is 5.98. The molecule has 10 heteroatoms. The number of rotatable bonds is 22. The predicted octanol–water partition coefficient (Wildman–Crippen LogP) is 4.68. The first kappa shape index (κ1) is 42.0. The molecule has 4 rings (SSSR count). The van der Waals surface area contributed by atoms with Gasteiger partial charge in [-0.25, -0.2) is 0 Å². The van der Waals surface area contributed by atoms with Gasteiger partial charge in [0, 0.05) is 50.9 Å². The first-order valence-electron chi connectivity index (χ1n) is 19.5. The average molecular weight is 731 g/mol. The number of benzene rings is 2. The SMILES string of the molecule is CC(C)C[C@H](NC(=O)C(CCc1ccccc1)CC(=O)CN1CCN(C)CC1)C(=O)C[C@@H](Cc1ccccc1)C(=O)N[C@@H](CC(C)C)C(=O)[C@@]1(C)CO1. The fourth-order valence-corrected chi connectivity index (χ4v) is 7.09. The van der Waals surface area contributed by atoms with Gasteiger partial charge < -0.3 is 20.3 Å². The molecule has 2 aromatic rings. The van der Waals surface area contributed by atoms with Crippen molar-refractivity contribution in [3.63, 3.8) is 0 Å². The normalized spacial score (nSPS) is 20.0. The van der Waals surface area contributed by atoms with Crippen molar-refractivity contribution in [3.8, 4) is 0 Å². The number of carbonyl (C=O) groups is 5. The van der Waals surface area contributed by atoms with Crippen molar-refractivity contribution in [2.45, 2.75) is 97.2 Å². The molecule has 2 heterocycles. The number of carbonyl (C=O) groups excluding carboxylic acids is 5. The quantitative estimate of drug-likeness (QED) is 0.167. The van der Waals surface area contributed by atoms with Crippen molar-refractivity contribution in [1.82, 2.24) is 20.4 Å². The Bertz CT molecular complexity index is 1500. The number of hydrogen-bond donors (Lipinski definition) is 2. The van der Waals surface area contributed by atoms with E-state index >= 15 is 0 Å². The topological polar surface area (TPSA) is 128 Å². The van der Waals surface area contributed by atoms with Crippen molar-refractivity contribution < 1.29 is 28.7 Å². The molecule has 5 atom stereocenters. The minimum absolute atomic E-state index is 0.0186. The van der Waals surface area contributed by atoms with Crippen LogP contribution in [-0.2, 0) is 41.6 Å². The first-order chi connectivity index (χ1) is 25.2. The van der Waals surface area contributed by atoms with Gasteiger partial charge in [-0.05, 0) is 69.0 Å². The Labute approximate surface area is 316 Å². The molecule has 0 bridgehead atoms. The Hall–Kier alpha value is -3.73. The monoisotopic (exact) mass is 730 g/mol. The molecule has 2 amide bonds. The Balaban J connectivity index is 1.51. The summed E-state index contributed by atoms with van der Waals surface area (Å²) in [7, 11) is 2.07. The van der Waals surface area contributed by atoms with E-state index in [0.717, 1.165) is 37.3 Å². The minimum Gasteiger partial charge on any atom is -0.361 e. The number of ketones is 3. The Morgan fingerprint density at radius 2 is 1.26 bits per heavy atom. The lowest BCUT2D eigenvalue weighted by molar-refractivity contribution is -0.135. The molecule has 2 N–H and O–H groups in total. The summed E-state index contributed by atoms with van der Waals surface area (Å²) in [6, 6.07) is 17.9. The lowest BCUT2D eigenvalue weighted by atomic mass is 9.87. The van der Waals surface area contributed by atoms with Gasteiger partial charge in [-0.3, -0.25) is 28.9 Å². The molecule has 0 aliphatic carbocycles. The first-order valence-corrected chi connectivity index (χ1v) is 19.5. The van der Waals surface area contributed by atoms with E-state index in [9.17, 15) is 24.0 Å². The second-order valence-corrected chi connectivity index (χ2v) is 16.4. The van der Waals surface area contributed by atoms with E-state index in [-0.39, 0.29) is 53.8 Å². The number of epoxide rings is 1. The molecule has 2 aliphatic heterocycles. The largest absolute Gasteiger partial charge is 0.361 e. The van der Waals surface area contributed by atoms with Crippen molar-refractivity contribution in [2.24, 2.45) is 23.7 Å². The maximum absolute atomic E-state index is 14.2. The van der Waals surface area contributed by atoms with Gasteiger partial charge >= 0.3 is 0 Å². The van der Waals surface area contributed by atoms with Gasteiger partial charge in [-0.15, -0.1) is 0 Å². The molecule has 2 saturated heterocycles. The van der Waals surface area contributed by atoms with Crippen LogP contribution in [0.15, 0.2) is 60.7 Å². The number of piperazine rings is 1. The van der Waals surface area contributed by atoms with E-state index in [4.69, 9.17) is 4.74 Å². The van der Waals surface area contributed by atoms with E-state index in [0.29, 0.717) is 45.3 Å². The number of amides is 2. The van der Waals surface area contributed by atoms with Gasteiger partial charge in [-0.1, -0.05) is 88.4 Å². The van der Waals surface area contributed by atoms with E-state index in [1.807, 2.05) is 88.4 Å². The molecule has 0 aromatic heterocycles. The molecule has 290 valence electrons. The number of nitrogens with one attached hydrogen (secondary N) is 2. The van der Waals surface area contributed by atoms with Crippen LogP contribution < -0.4 is 10.6 Å². The second kappa shape index (κ2) is 20.1. The van der Waals surface area contributed by atoms with Crippen LogP contribution >= 0.6 is 0 Å². The minimum atomic E-state index is -0.896. The molecule has 1 unspecified atom stereocenters. The van der Waals surface area contributed by atoms with Crippen LogP contribution in [0.1, 0.15) is 77.8 Å². The zero-order chi connectivity index (χ0) is 38.5. The molecule has 0 saturated carbocycles. The number of nitrogens with zero attached hydrogens (tertiary/aromatic N) is 2. The molecular formula is C43H62N4O6. The maximum atomic E-state index is 14.2. The van der Waals surface area contributed by atoms with Crippen LogP contribution in [-0.4, -0.2) is 103 Å². The predicted molar refractivity (Wildman–Crippen MR) is 207 cm³/mol. The smallest absolute Gasteiger partial charge is 0.224 e. The van der Waals surface area contributed by atoms with E-state index in [1.54, 1.807) is 6.92 Å². The molecule has 2 fully saturated rings. The van der Waals surface area contributed by atoms with Crippen LogP contribution in [0, 0.1) is 23.7 Å². The van der Waals surface area contributed by atoms with Crippen molar-refractivity contribution in [1.29, 1.82) is 0 Å². The second-order valence-electron chi connectivity index (χ2n) is 16.4. The molecule has 2 aromatic carbocycles. The van der Waals surface area contributed by atoms with Crippen LogP contribution in [0.3, 0.4) is 0 Å². The summed E-state index contributed by atoms with van der Waals surface area (Å²) >= 11 is 0. The zero-order valence-corrected chi connectivity index (χ0v) is 32.8. The van der Waals surface area contributed by atoms with Crippen LogP contribution in [0.4, 0.5) is 0 Å². The number of aryl methyl sites for hydroxylation is 1. The summed E-state index contributed by atoms with van der Waals surface area (Å²) in [5.74, 6) is -2.18. The Kier molecular flexibility index (Phi) is 15.9. The van der Waals surface area contributed by atoms with Gasteiger partial charge in [0.2, 0.25) is 11.8 Å². The summed E-state index contributed by atoms with van der Waals surface area (Å²) in [6.07, 6.45) is 2.25. The fraction of sp³-hybridized carbons (Fsp3) is 0.605. The molecule has 0 spiro atoms. The molecule has 0 radical (unpaired) electrons. The van der Waals surface area contributed by atoms with Crippen LogP contribution in [0.2, 0.25) is 0 Å². The maximum Gasteiger partial charge on any atom is 0.224 e. The Morgan fingerprint density at radius 1 is 0.736 bits per heavy atom. The number of hydrogen-bond acceptors (Lipinski definition) is 8. The summed E-state index contributed by atoms with van der Waals surface area (Å²) in [5, 5.41) is 6.05. The van der Waals surface area contributed by atoms with Gasteiger partial charge in [0.1, 0.15) is 11.4 Å². The van der Waals surface area contributed by atoms with E-state index < -0.39 is 29.5 Å². The average Bonchev–Trinajstić information content (AvgIpc) is 3.88. The summed E-state index contributed by atoms with van der Waals surface area (Å²) in [5.41, 5.74) is 1.08. The molecule has 2 aliphatic rings. The lowest BCUT2D eigenvalue weighted by Crippen LogP contribution is -2.50. The van der Waals surface area contributed by atoms with E-state index in [1.165, 1.54) is 0 Å². The molecule has 10 nitrogen and oxygen atoms in total. The summed E-state index contributed by atoms with van der Waals surface area (Å²) in [6.45, 7) is 13.8. The highest BCUT2D eigenvalue weighted by Gasteiger charge is 2.50. The van der Waals surface area contributed by atoms with Crippen molar-refractivity contribution in [3.05, 3.63) is 71.8 Å². The van der Waals surface area contributed by atoms with Crippen LogP contribution in [0.5, 0.6) is 0 Å². The van der Waals surface area contributed by atoms with Gasteiger partial charge in [-0.2, -0.15) is 0 Å².